The minimum absolute atomic E-state index is 0.187. The van der Waals surface area contributed by atoms with Crippen LogP contribution < -0.4 is 10.2 Å². The molecule has 0 radical (unpaired) electrons. The van der Waals surface area contributed by atoms with Crippen molar-refractivity contribution in [2.75, 3.05) is 12.0 Å². The van der Waals surface area contributed by atoms with Gasteiger partial charge in [-0.15, -0.1) is 0 Å². The van der Waals surface area contributed by atoms with Crippen molar-refractivity contribution >= 4 is 29.0 Å². The zero-order valence-electron chi connectivity index (χ0n) is 20.2. The van der Waals surface area contributed by atoms with Gasteiger partial charge in [0.1, 0.15) is 5.75 Å². The number of anilines is 1. The molecule has 182 valence electrons. The fraction of sp³-hybridized carbons (Fsp3) is 0.179. The summed E-state index contributed by atoms with van der Waals surface area (Å²) in [5.41, 5.74) is 5.96. The molecule has 8 heteroatoms. The molecule has 0 bridgehead atoms. The van der Waals surface area contributed by atoms with Gasteiger partial charge in [-0.1, -0.05) is 18.2 Å². The highest BCUT2D eigenvalue weighted by Gasteiger charge is 2.42. The number of pyridine rings is 1. The molecule has 3 heterocycles. The van der Waals surface area contributed by atoms with Crippen LogP contribution in [0.5, 0.6) is 5.75 Å². The first-order chi connectivity index (χ1) is 17.4. The molecule has 2 atom stereocenters. The van der Waals surface area contributed by atoms with Crippen molar-refractivity contribution in [2.24, 2.45) is 0 Å². The SMILES string of the molecule is COC(=O)c1ccccc1-n1c(C)cc([C@@H]2[C@@H](c3ccccn3)NC(=S)N2c2ccc(O)cc2)c1C. The Kier molecular flexibility index (Phi) is 6.20. The third-order valence-corrected chi connectivity index (χ3v) is 6.88. The number of nitrogens with zero attached hydrogens (tertiary/aromatic N) is 3. The topological polar surface area (TPSA) is 79.6 Å². The normalized spacial score (nSPS) is 17.2. The predicted octanol–water partition coefficient (Wildman–Crippen LogP) is 5.16. The number of para-hydroxylation sites is 1. The Balaban J connectivity index is 1.69. The summed E-state index contributed by atoms with van der Waals surface area (Å²) in [5.74, 6) is -0.201. The van der Waals surface area contributed by atoms with Gasteiger partial charge in [0, 0.05) is 23.3 Å². The first-order valence-corrected chi connectivity index (χ1v) is 12.0. The number of ether oxygens (including phenoxy) is 1. The molecule has 2 N–H and O–H groups in total. The fourth-order valence-electron chi connectivity index (χ4n) is 4.97. The molecule has 5 rings (SSSR count). The Morgan fingerprint density at radius 3 is 2.47 bits per heavy atom. The van der Waals surface area contributed by atoms with Crippen LogP contribution in [0.1, 0.15) is 45.1 Å². The monoisotopic (exact) mass is 498 g/mol. The second-order valence-electron chi connectivity index (χ2n) is 8.68. The van der Waals surface area contributed by atoms with Gasteiger partial charge in [-0.25, -0.2) is 4.79 Å². The number of hydrogen-bond acceptors (Lipinski definition) is 5. The molecule has 36 heavy (non-hydrogen) atoms. The first kappa shape index (κ1) is 23.6. The average Bonchev–Trinajstić information content (AvgIpc) is 3.39. The van der Waals surface area contributed by atoms with E-state index in [0.29, 0.717) is 10.7 Å². The fourth-order valence-corrected chi connectivity index (χ4v) is 5.32. The number of phenolic OH excluding ortho intramolecular Hbond substituents is 1. The van der Waals surface area contributed by atoms with Gasteiger partial charge in [0.2, 0.25) is 0 Å². The lowest BCUT2D eigenvalue weighted by Gasteiger charge is -2.28. The summed E-state index contributed by atoms with van der Waals surface area (Å²) in [7, 11) is 1.39. The Labute approximate surface area is 215 Å². The van der Waals surface area contributed by atoms with Crippen molar-refractivity contribution < 1.29 is 14.6 Å². The molecule has 1 saturated heterocycles. The Morgan fingerprint density at radius 2 is 1.78 bits per heavy atom. The van der Waals surface area contributed by atoms with E-state index in [1.165, 1.54) is 7.11 Å². The largest absolute Gasteiger partial charge is 0.508 e. The summed E-state index contributed by atoms with van der Waals surface area (Å²) < 4.78 is 7.12. The van der Waals surface area contributed by atoms with E-state index < -0.39 is 0 Å². The summed E-state index contributed by atoms with van der Waals surface area (Å²) in [6.45, 7) is 4.06. The van der Waals surface area contributed by atoms with Crippen LogP contribution in [0.2, 0.25) is 0 Å². The van der Waals surface area contributed by atoms with Gasteiger partial charge in [0.25, 0.3) is 0 Å². The molecule has 0 unspecified atom stereocenters. The van der Waals surface area contributed by atoms with Gasteiger partial charge in [0.05, 0.1) is 36.1 Å². The molecule has 0 saturated carbocycles. The summed E-state index contributed by atoms with van der Waals surface area (Å²) in [6.07, 6.45) is 1.77. The number of rotatable bonds is 5. The van der Waals surface area contributed by atoms with Crippen LogP contribution in [-0.2, 0) is 4.74 Å². The van der Waals surface area contributed by atoms with Crippen molar-refractivity contribution in [1.29, 1.82) is 0 Å². The molecule has 1 aliphatic rings. The van der Waals surface area contributed by atoms with E-state index in [-0.39, 0.29) is 23.8 Å². The highest BCUT2D eigenvalue weighted by molar-refractivity contribution is 7.80. The van der Waals surface area contributed by atoms with E-state index in [9.17, 15) is 9.90 Å². The van der Waals surface area contributed by atoms with Crippen LogP contribution in [0.3, 0.4) is 0 Å². The van der Waals surface area contributed by atoms with Crippen LogP contribution in [0.15, 0.2) is 79.0 Å². The number of carbonyl (C=O) groups excluding carboxylic acids is 1. The van der Waals surface area contributed by atoms with Gasteiger partial charge >= 0.3 is 5.97 Å². The van der Waals surface area contributed by atoms with Crippen molar-refractivity contribution in [3.05, 3.63) is 107 Å². The number of carbonyl (C=O) groups is 1. The zero-order valence-corrected chi connectivity index (χ0v) is 21.0. The molecule has 2 aromatic heterocycles. The van der Waals surface area contributed by atoms with Crippen LogP contribution in [0, 0.1) is 13.8 Å². The maximum Gasteiger partial charge on any atom is 0.339 e. The minimum atomic E-state index is -0.388. The zero-order chi connectivity index (χ0) is 25.4. The lowest BCUT2D eigenvalue weighted by Crippen LogP contribution is -2.29. The number of benzene rings is 2. The standard InChI is InChI=1S/C28H26N4O3S/c1-17-16-22(18(2)31(17)24-10-5-4-8-21(24)27(34)35-3)26-25(23-9-6-7-15-29-23)30-28(36)32(26)19-11-13-20(33)14-12-19/h4-16,25-26,33H,1-3H3,(H,30,36)/t25-,26-/m1/s1. The predicted molar refractivity (Wildman–Crippen MR) is 143 cm³/mol. The molecule has 0 aliphatic carbocycles. The van der Waals surface area contributed by atoms with Gasteiger partial charge in [-0.05, 0) is 86.2 Å². The van der Waals surface area contributed by atoms with Crippen LogP contribution in [0.25, 0.3) is 5.69 Å². The number of thiocarbonyl (C=S) groups is 1. The van der Waals surface area contributed by atoms with Crippen LogP contribution in [-0.4, -0.2) is 32.8 Å². The van der Waals surface area contributed by atoms with Gasteiger partial charge in [-0.2, -0.15) is 0 Å². The number of esters is 1. The number of methoxy groups -OCH3 is 1. The maximum absolute atomic E-state index is 12.5. The minimum Gasteiger partial charge on any atom is -0.508 e. The molecular formula is C28H26N4O3S. The number of hydrogen-bond donors (Lipinski definition) is 2. The lowest BCUT2D eigenvalue weighted by molar-refractivity contribution is 0.0600. The van der Waals surface area contributed by atoms with Crippen molar-refractivity contribution in [3.8, 4) is 11.4 Å². The third-order valence-electron chi connectivity index (χ3n) is 6.57. The molecule has 7 nitrogen and oxygen atoms in total. The molecule has 0 spiro atoms. The van der Waals surface area contributed by atoms with Crippen LogP contribution in [0.4, 0.5) is 5.69 Å². The Morgan fingerprint density at radius 1 is 1.06 bits per heavy atom. The molecule has 1 aliphatic heterocycles. The Bertz CT molecular complexity index is 1430. The summed E-state index contributed by atoms with van der Waals surface area (Å²) in [4.78, 5) is 19.2. The van der Waals surface area contributed by atoms with E-state index in [4.69, 9.17) is 17.0 Å². The van der Waals surface area contributed by atoms with E-state index in [0.717, 1.165) is 34.0 Å². The Hall–Kier alpha value is -4.17. The molecule has 4 aromatic rings. The van der Waals surface area contributed by atoms with E-state index >= 15 is 0 Å². The first-order valence-electron chi connectivity index (χ1n) is 11.6. The van der Waals surface area contributed by atoms with Crippen LogP contribution >= 0.6 is 12.2 Å². The van der Waals surface area contributed by atoms with Crippen molar-refractivity contribution in [2.45, 2.75) is 25.9 Å². The molecule has 2 aromatic carbocycles. The highest BCUT2D eigenvalue weighted by atomic mass is 32.1. The second kappa shape index (κ2) is 9.47. The number of nitrogens with one attached hydrogen (secondary N) is 1. The smallest absolute Gasteiger partial charge is 0.339 e. The summed E-state index contributed by atoms with van der Waals surface area (Å²) >= 11 is 5.81. The highest BCUT2D eigenvalue weighted by Crippen LogP contribution is 2.44. The van der Waals surface area contributed by atoms with E-state index in [1.807, 2.05) is 62.4 Å². The third kappa shape index (κ3) is 3.99. The van der Waals surface area contributed by atoms with Crippen molar-refractivity contribution in [1.82, 2.24) is 14.9 Å². The quantitative estimate of drug-likeness (QED) is 0.291. The number of aromatic hydroxyl groups is 1. The number of aromatic nitrogens is 2. The lowest BCUT2D eigenvalue weighted by atomic mass is 9.96. The maximum atomic E-state index is 12.5. The number of aryl methyl sites for hydroxylation is 1. The van der Waals surface area contributed by atoms with Gasteiger partial charge in [0.15, 0.2) is 5.11 Å². The van der Waals surface area contributed by atoms with E-state index in [1.54, 1.807) is 24.4 Å². The molecular weight excluding hydrogens is 472 g/mol. The molecule has 1 fully saturated rings. The molecule has 0 amide bonds. The van der Waals surface area contributed by atoms with Gasteiger partial charge in [-0.3, -0.25) is 4.98 Å². The van der Waals surface area contributed by atoms with E-state index in [2.05, 4.69) is 25.8 Å². The number of phenols is 1. The summed E-state index contributed by atoms with van der Waals surface area (Å²) in [6, 6.07) is 22.0. The second-order valence-corrected chi connectivity index (χ2v) is 9.07. The van der Waals surface area contributed by atoms with Gasteiger partial charge < -0.3 is 24.6 Å². The van der Waals surface area contributed by atoms with Crippen molar-refractivity contribution in [3.63, 3.8) is 0 Å². The average molecular weight is 499 g/mol. The summed E-state index contributed by atoms with van der Waals surface area (Å²) in [5, 5.41) is 13.9.